The van der Waals surface area contributed by atoms with Gasteiger partial charge in [-0.1, -0.05) is 149 Å². The average molecular weight is 1640 g/mol. The van der Waals surface area contributed by atoms with E-state index in [0.717, 1.165) is 25.7 Å². The highest BCUT2D eigenvalue weighted by Crippen LogP contribution is 2.17. The number of guanidine groups is 2. The number of primary amides is 1. The van der Waals surface area contributed by atoms with E-state index in [9.17, 15) is 102 Å². The van der Waals surface area contributed by atoms with Gasteiger partial charge in [0, 0.05) is 45.2 Å². The number of unbranched alkanes of at least 4 members (excludes halogenated alkanes) is 9. The molecule has 116 heavy (non-hydrogen) atoms. The maximum Gasteiger partial charge on any atom is 0.326 e. The minimum Gasteiger partial charge on any atom is -0.481 e. The van der Waals surface area contributed by atoms with Crippen LogP contribution in [0.15, 0.2) is 40.3 Å². The van der Waals surface area contributed by atoms with E-state index in [4.69, 9.17) is 28.7 Å². The number of amides is 13. The van der Waals surface area contributed by atoms with E-state index in [1.165, 1.54) is 39.0 Å². The van der Waals surface area contributed by atoms with Crippen molar-refractivity contribution in [2.75, 3.05) is 19.6 Å². The second kappa shape index (κ2) is 56.9. The van der Waals surface area contributed by atoms with Crippen molar-refractivity contribution >= 4 is 113 Å². The van der Waals surface area contributed by atoms with Gasteiger partial charge < -0.3 is 113 Å². The molecule has 40 nitrogen and oxygen atoms in total. The Kier molecular flexibility index (Phi) is 50.4. The summed E-state index contributed by atoms with van der Waals surface area (Å²) in [6.45, 7) is 12.4. The van der Waals surface area contributed by atoms with Crippen molar-refractivity contribution in [1.82, 2.24) is 63.8 Å². The molecule has 1 rings (SSSR count). The second-order valence-corrected chi connectivity index (χ2v) is 29.3. The number of nitrogens with zero attached hydrogens (tertiary/aromatic N) is 2. The lowest BCUT2D eigenvalue weighted by Gasteiger charge is -2.29. The zero-order valence-corrected chi connectivity index (χ0v) is 68.0. The van der Waals surface area contributed by atoms with Gasteiger partial charge in [-0.15, -0.1) is 0 Å². The zero-order chi connectivity index (χ0) is 87.6. The normalized spacial score (nSPS) is 14.4. The highest BCUT2D eigenvalue weighted by Gasteiger charge is 2.38. The number of rotatable bonds is 62. The van der Waals surface area contributed by atoms with Crippen LogP contribution in [-0.2, 0) is 87.9 Å². The summed E-state index contributed by atoms with van der Waals surface area (Å²) < 4.78 is 0. The van der Waals surface area contributed by atoms with Crippen LogP contribution in [0.1, 0.15) is 221 Å². The summed E-state index contributed by atoms with van der Waals surface area (Å²) in [5, 5.41) is 68.3. The molecule has 0 fully saturated rings. The molecule has 13 amide bonds. The summed E-state index contributed by atoms with van der Waals surface area (Å²) in [6, 6.07) is -9.34. The molecule has 26 N–H and O–H groups in total. The first kappa shape index (κ1) is 103. The number of nitrogens with one attached hydrogen (secondary N) is 12. The van der Waals surface area contributed by atoms with Gasteiger partial charge in [0.1, 0.15) is 66.5 Å². The lowest BCUT2D eigenvalue weighted by atomic mass is 9.97. The topological polar surface area (TPSA) is 670 Å². The Labute approximate surface area is 676 Å². The number of hydrogen-bond acceptors (Lipinski definition) is 19. The first-order valence-corrected chi connectivity index (χ1v) is 39.6. The fraction of sp³-hybridized carbons (Fsp3) is 0.671. The largest absolute Gasteiger partial charge is 0.481 e. The molecule has 0 aromatic heterocycles. The number of hydrogen-bond donors (Lipinski definition) is 21. The highest BCUT2D eigenvalue weighted by atomic mass is 16.4. The number of aliphatic imine (C=N–C) groups is 2. The zero-order valence-electron chi connectivity index (χ0n) is 68.0. The van der Waals surface area contributed by atoms with Crippen molar-refractivity contribution in [1.29, 1.82) is 0 Å². The minimum atomic E-state index is -1.99. The molecule has 0 saturated heterocycles. The van der Waals surface area contributed by atoms with Crippen molar-refractivity contribution in [3.05, 3.63) is 35.9 Å². The van der Waals surface area contributed by atoms with Crippen molar-refractivity contribution in [2.45, 2.75) is 289 Å². The van der Waals surface area contributed by atoms with Crippen LogP contribution in [0.2, 0.25) is 0 Å². The molecular weight excluding hydrogens is 1510 g/mol. The molecule has 652 valence electrons. The van der Waals surface area contributed by atoms with Crippen molar-refractivity contribution in [3.8, 4) is 0 Å². The summed E-state index contributed by atoms with van der Waals surface area (Å²) >= 11 is 0. The Morgan fingerprint density at radius 3 is 1.19 bits per heavy atom. The number of aliphatic carboxylic acids is 4. The van der Waals surface area contributed by atoms with E-state index in [1.54, 1.807) is 65.0 Å². The van der Waals surface area contributed by atoms with Crippen molar-refractivity contribution in [3.63, 3.8) is 0 Å². The molecule has 0 aliphatic carbocycles. The summed E-state index contributed by atoms with van der Waals surface area (Å²) in [5.41, 5.74) is 28.2. The van der Waals surface area contributed by atoms with E-state index in [2.05, 4.69) is 80.7 Å². The van der Waals surface area contributed by atoms with Gasteiger partial charge >= 0.3 is 23.9 Å². The van der Waals surface area contributed by atoms with Crippen LogP contribution < -0.4 is 92.5 Å². The summed E-state index contributed by atoms with van der Waals surface area (Å²) in [5.74, 6) is -21.0. The van der Waals surface area contributed by atoms with E-state index in [1.807, 2.05) is 6.92 Å². The van der Waals surface area contributed by atoms with Gasteiger partial charge in [0.15, 0.2) is 11.9 Å². The number of carboxylic acids is 4. The van der Waals surface area contributed by atoms with E-state index in [-0.39, 0.29) is 88.2 Å². The maximum absolute atomic E-state index is 14.7. The molecule has 0 unspecified atom stereocenters. The van der Waals surface area contributed by atoms with Crippen LogP contribution >= 0.6 is 0 Å². The number of nitrogens with two attached hydrogens (primary N) is 5. The number of carbonyl (C=O) groups excluding carboxylic acids is 13. The lowest BCUT2D eigenvalue weighted by Crippen LogP contribution is -2.60. The van der Waals surface area contributed by atoms with Crippen molar-refractivity contribution in [2.24, 2.45) is 56.4 Å². The Hall–Kier alpha value is -11.3. The minimum absolute atomic E-state index is 0.0104. The van der Waals surface area contributed by atoms with E-state index >= 15 is 0 Å². The van der Waals surface area contributed by atoms with Gasteiger partial charge in [-0.25, -0.2) is 4.79 Å². The predicted molar refractivity (Wildman–Crippen MR) is 427 cm³/mol. The molecule has 0 spiro atoms. The Balaban J connectivity index is 3.61. The Bertz CT molecular complexity index is 3450. The third-order valence-electron chi connectivity index (χ3n) is 18.8. The summed E-state index contributed by atoms with van der Waals surface area (Å²) in [4.78, 5) is 236. The lowest BCUT2D eigenvalue weighted by molar-refractivity contribution is -0.143. The van der Waals surface area contributed by atoms with Crippen LogP contribution in [-0.4, -0.2) is 219 Å². The van der Waals surface area contributed by atoms with E-state index in [0.29, 0.717) is 18.4 Å². The Morgan fingerprint density at radius 2 is 0.767 bits per heavy atom. The summed E-state index contributed by atoms with van der Waals surface area (Å²) in [6.07, 6.45) is 5.72. The quantitative estimate of drug-likeness (QED) is 0.0207. The fourth-order valence-electron chi connectivity index (χ4n) is 11.8. The van der Waals surface area contributed by atoms with Gasteiger partial charge in [0.2, 0.25) is 76.8 Å². The Morgan fingerprint density at radius 1 is 0.371 bits per heavy atom. The smallest absolute Gasteiger partial charge is 0.326 e. The second-order valence-electron chi connectivity index (χ2n) is 29.3. The molecule has 0 aliphatic heterocycles. The van der Waals surface area contributed by atoms with Crippen molar-refractivity contribution < 1.29 is 102 Å². The van der Waals surface area contributed by atoms with Gasteiger partial charge in [0.05, 0.1) is 13.0 Å². The molecule has 40 heteroatoms. The maximum atomic E-state index is 14.7. The number of carboxylic acid groups (broad SMARTS) is 4. The van der Waals surface area contributed by atoms with Crippen LogP contribution in [0.5, 0.6) is 0 Å². The molecule has 0 heterocycles. The molecule has 13 atom stereocenters. The SMILES string of the molecule is CCCCCCCCCCCCC(=O)N[C@H](C(=O)N[C@@H](C)C(=O)N[C@@H](CCC(N)=O)C(=O)N[C@@H](CCC(=O)O)C(=O)N[C@@H](CC(C)C)C(=O)N[C@@H](CCCN=C(N)N)C(=O)N[C@@H](CCCN=C(N)N)C(=O)N[C@H](C(=O)NCC(=O)N[C@@H](CC(=O)O)C(=O)N[C@@H](CCC(=O)O)C(=O)N[C@@H](Cc1ccccc1)C(=O)O)[C@@H](C)CC)[C@@H](C)CC. The first-order chi connectivity index (χ1) is 54.7. The van der Waals surface area contributed by atoms with Crippen LogP contribution in [0.4, 0.5) is 0 Å². The molecule has 0 bridgehead atoms. The number of carbonyl (C=O) groups is 17. The van der Waals surface area contributed by atoms with Crippen LogP contribution in [0.25, 0.3) is 0 Å². The number of benzene rings is 1. The third kappa shape index (κ3) is 44.4. The highest BCUT2D eigenvalue weighted by molar-refractivity contribution is 6.00. The molecule has 0 radical (unpaired) electrons. The summed E-state index contributed by atoms with van der Waals surface area (Å²) in [7, 11) is 0. The first-order valence-electron chi connectivity index (χ1n) is 39.6. The van der Waals surface area contributed by atoms with Gasteiger partial charge in [0.25, 0.3) is 0 Å². The van der Waals surface area contributed by atoms with Gasteiger partial charge in [-0.05, 0) is 88.0 Å². The molecule has 1 aromatic carbocycles. The fourth-order valence-corrected chi connectivity index (χ4v) is 11.8. The average Bonchev–Trinajstić information content (AvgIpc) is 0.848. The molecule has 1 aromatic rings. The third-order valence-corrected chi connectivity index (χ3v) is 18.8. The van der Waals surface area contributed by atoms with Gasteiger partial charge in [-0.2, -0.15) is 0 Å². The van der Waals surface area contributed by atoms with E-state index < -0.39 is 225 Å². The predicted octanol–water partition coefficient (Wildman–Crippen LogP) is -1.19. The van der Waals surface area contributed by atoms with Crippen LogP contribution in [0.3, 0.4) is 0 Å². The van der Waals surface area contributed by atoms with Crippen LogP contribution in [0, 0.1) is 17.8 Å². The monoisotopic (exact) mass is 1640 g/mol. The molecular formula is C76H127N19O21. The van der Waals surface area contributed by atoms with Gasteiger partial charge in [-0.3, -0.25) is 86.7 Å². The standard InChI is InChI=1S/C76H127N19O21/c1-9-12-13-14-15-16-17-18-19-23-30-57(97)94-63(45(7)11-3)73(114)85-46(8)64(105)87-50(31-34-56(77)96)66(107)90-51(32-35-59(99)100)67(108)92-53(39-43(4)5)70(111)89-48(28-24-37-82-75(78)79)65(106)88-49(29-25-38-83-76(80)81)69(110)95-62(44(6)10-2)72(113)84-42-58(98)86-54(41-61(103)104)71(112)91-52(33-36-60(101)102)68(109)93-55(74(115)116)40-47-26-21-20-22-27-47/h20-22,26-27,43-46,48-55,62-63H,9-19,23-25,28-42H2,1-8H3,(H2,77,96)(H,84,113)(H,85,114)(H,86,98)(H,87,105)(H,88,106)(H,89,111)(H,90,107)(H,91,112)(H,92,108)(H,93,109)(H,94,97)(H,95,110)(H,99,100)(H,101,102)(H,103,104)(H,115,116)(H4,78,79,82)(H4,80,81,83)/t44-,45-,46-,48-,49-,50-,51-,52-,53-,54-,55-,62-,63-/m0/s1. The molecule has 0 aliphatic rings. The molecule has 0 saturated carbocycles.